The summed E-state index contributed by atoms with van der Waals surface area (Å²) in [6.45, 7) is 0. The standard InChI is InChI=1S/C9H14O3Si/c1-10-6-4-7(11-2)9(13)8(5-6)12-3/h4-5H,1-3,13H3. The Hall–Kier alpha value is -1.16. The van der Waals surface area contributed by atoms with Crippen LogP contribution in [0.2, 0.25) is 0 Å². The van der Waals surface area contributed by atoms with Crippen molar-refractivity contribution >= 4 is 15.4 Å². The molecular formula is C9H14O3Si. The van der Waals surface area contributed by atoms with Crippen molar-refractivity contribution in [2.45, 2.75) is 0 Å². The monoisotopic (exact) mass is 198 g/mol. The van der Waals surface area contributed by atoms with Gasteiger partial charge in [-0.25, -0.2) is 0 Å². The molecule has 4 heteroatoms. The summed E-state index contributed by atoms with van der Waals surface area (Å²) in [5.74, 6) is 2.43. The molecule has 13 heavy (non-hydrogen) atoms. The zero-order chi connectivity index (χ0) is 9.84. The van der Waals surface area contributed by atoms with E-state index in [4.69, 9.17) is 14.2 Å². The van der Waals surface area contributed by atoms with Crippen molar-refractivity contribution in [1.29, 1.82) is 0 Å². The van der Waals surface area contributed by atoms with E-state index in [9.17, 15) is 0 Å². The quantitative estimate of drug-likeness (QED) is 0.624. The number of ether oxygens (including phenoxy) is 3. The molecule has 0 spiro atoms. The minimum absolute atomic E-state index is 0.758. The maximum atomic E-state index is 5.20. The molecule has 3 nitrogen and oxygen atoms in total. The highest BCUT2D eigenvalue weighted by Crippen LogP contribution is 2.23. The fourth-order valence-electron chi connectivity index (χ4n) is 1.18. The number of benzene rings is 1. The molecule has 0 fully saturated rings. The summed E-state index contributed by atoms with van der Waals surface area (Å²) >= 11 is 0. The number of rotatable bonds is 3. The molecule has 0 N–H and O–H groups in total. The van der Waals surface area contributed by atoms with Crippen LogP contribution in [0, 0.1) is 0 Å². The van der Waals surface area contributed by atoms with Gasteiger partial charge in [-0.2, -0.15) is 0 Å². The molecule has 0 amide bonds. The Morgan fingerprint density at radius 2 is 1.38 bits per heavy atom. The summed E-state index contributed by atoms with van der Waals surface area (Å²) in [4.78, 5) is 0. The lowest BCUT2D eigenvalue weighted by atomic mass is 10.3. The Morgan fingerprint density at radius 3 is 1.69 bits per heavy atom. The van der Waals surface area contributed by atoms with Crippen LogP contribution in [-0.2, 0) is 0 Å². The van der Waals surface area contributed by atoms with Crippen LogP contribution in [0.25, 0.3) is 0 Å². The lowest BCUT2D eigenvalue weighted by Gasteiger charge is -2.11. The first-order valence-corrected chi connectivity index (χ1v) is 4.99. The van der Waals surface area contributed by atoms with Gasteiger partial charge in [-0.15, -0.1) is 0 Å². The molecule has 0 aliphatic rings. The van der Waals surface area contributed by atoms with Crippen LogP contribution >= 0.6 is 0 Å². The van der Waals surface area contributed by atoms with E-state index in [0.29, 0.717) is 0 Å². The second-order valence-corrected chi connectivity index (χ2v) is 3.66. The van der Waals surface area contributed by atoms with Crippen molar-refractivity contribution in [2.75, 3.05) is 21.3 Å². The Kier molecular flexibility index (Phi) is 3.19. The number of hydrogen-bond donors (Lipinski definition) is 0. The normalized spacial score (nSPS) is 9.77. The molecule has 0 aromatic heterocycles. The van der Waals surface area contributed by atoms with Gasteiger partial charge in [0.2, 0.25) is 0 Å². The van der Waals surface area contributed by atoms with Crippen LogP contribution in [0.5, 0.6) is 17.2 Å². The summed E-state index contributed by atoms with van der Waals surface area (Å²) in [5.41, 5.74) is 0. The minimum atomic E-state index is 0.758. The first-order valence-electron chi connectivity index (χ1n) is 3.99. The summed E-state index contributed by atoms with van der Waals surface area (Å²) in [6.07, 6.45) is 0. The van der Waals surface area contributed by atoms with Crippen molar-refractivity contribution < 1.29 is 14.2 Å². The van der Waals surface area contributed by atoms with Crippen molar-refractivity contribution in [3.63, 3.8) is 0 Å². The Morgan fingerprint density at radius 1 is 0.923 bits per heavy atom. The minimum Gasteiger partial charge on any atom is -0.497 e. The fraction of sp³-hybridized carbons (Fsp3) is 0.333. The highest BCUT2D eigenvalue weighted by molar-refractivity contribution is 6.36. The van der Waals surface area contributed by atoms with Gasteiger partial charge in [-0.3, -0.25) is 0 Å². The van der Waals surface area contributed by atoms with E-state index in [-0.39, 0.29) is 0 Å². The molecule has 1 aromatic rings. The van der Waals surface area contributed by atoms with E-state index in [1.54, 1.807) is 21.3 Å². The van der Waals surface area contributed by atoms with Gasteiger partial charge in [0.15, 0.2) is 0 Å². The van der Waals surface area contributed by atoms with Crippen molar-refractivity contribution in [3.05, 3.63) is 12.1 Å². The Bertz CT molecular complexity index is 274. The third kappa shape index (κ3) is 1.95. The van der Waals surface area contributed by atoms with Crippen molar-refractivity contribution in [3.8, 4) is 17.2 Å². The van der Waals surface area contributed by atoms with Crippen LogP contribution in [0.3, 0.4) is 0 Å². The van der Waals surface area contributed by atoms with Crippen molar-refractivity contribution in [2.24, 2.45) is 0 Å². The first kappa shape index (κ1) is 9.92. The molecule has 72 valence electrons. The zero-order valence-corrected chi connectivity index (χ0v) is 10.4. The smallest absolute Gasteiger partial charge is 0.126 e. The third-order valence-electron chi connectivity index (χ3n) is 1.96. The first-order chi connectivity index (χ1) is 6.22. The van der Waals surface area contributed by atoms with Gasteiger partial charge >= 0.3 is 0 Å². The Labute approximate surface area is 81.0 Å². The molecule has 0 radical (unpaired) electrons. The topological polar surface area (TPSA) is 27.7 Å². The summed E-state index contributed by atoms with van der Waals surface area (Å²) in [7, 11) is 5.81. The zero-order valence-electron chi connectivity index (χ0n) is 8.38. The molecule has 0 heterocycles. The van der Waals surface area contributed by atoms with Crippen LogP contribution in [0.4, 0.5) is 0 Å². The molecule has 1 rings (SSSR count). The van der Waals surface area contributed by atoms with E-state index < -0.39 is 0 Å². The van der Waals surface area contributed by atoms with Crippen LogP contribution < -0.4 is 19.4 Å². The summed E-state index contributed by atoms with van der Waals surface area (Å²) < 4.78 is 15.5. The van der Waals surface area contributed by atoms with Crippen LogP contribution in [0.15, 0.2) is 12.1 Å². The largest absolute Gasteiger partial charge is 0.497 e. The summed E-state index contributed by atoms with van der Waals surface area (Å²) in [5, 5.41) is 1.12. The molecule has 0 saturated heterocycles. The van der Waals surface area contributed by atoms with Gasteiger partial charge in [0.05, 0.1) is 21.3 Å². The molecule has 1 aromatic carbocycles. The highest BCUT2D eigenvalue weighted by atomic mass is 28.1. The van der Waals surface area contributed by atoms with Gasteiger partial charge in [-0.05, 0) is 0 Å². The predicted molar refractivity (Wildman–Crippen MR) is 55.7 cm³/mol. The molecule has 0 aliphatic heterocycles. The maximum Gasteiger partial charge on any atom is 0.126 e. The Balaban J connectivity index is 3.20. The second-order valence-electron chi connectivity index (χ2n) is 2.66. The third-order valence-corrected chi connectivity index (χ3v) is 2.95. The average molecular weight is 198 g/mol. The van der Waals surface area contributed by atoms with E-state index in [2.05, 4.69) is 0 Å². The van der Waals surface area contributed by atoms with Gasteiger partial charge in [0.1, 0.15) is 17.2 Å². The van der Waals surface area contributed by atoms with E-state index >= 15 is 0 Å². The highest BCUT2D eigenvalue weighted by Gasteiger charge is 2.07. The van der Waals surface area contributed by atoms with Gasteiger partial charge < -0.3 is 14.2 Å². The molecular weight excluding hydrogens is 184 g/mol. The van der Waals surface area contributed by atoms with E-state index in [1.165, 1.54) is 0 Å². The predicted octanol–water partition coefficient (Wildman–Crippen LogP) is -0.297. The molecule has 0 atom stereocenters. The SMILES string of the molecule is COc1cc(OC)c([SiH3])c(OC)c1. The van der Waals surface area contributed by atoms with Crippen LogP contribution in [0.1, 0.15) is 0 Å². The van der Waals surface area contributed by atoms with Gasteiger partial charge in [0, 0.05) is 27.6 Å². The number of methoxy groups -OCH3 is 3. The van der Waals surface area contributed by atoms with Crippen molar-refractivity contribution in [1.82, 2.24) is 0 Å². The summed E-state index contributed by atoms with van der Waals surface area (Å²) in [6, 6.07) is 3.73. The van der Waals surface area contributed by atoms with Gasteiger partial charge in [-0.1, -0.05) is 0 Å². The fourth-order valence-corrected chi connectivity index (χ4v) is 1.88. The molecule has 0 unspecified atom stereocenters. The van der Waals surface area contributed by atoms with Crippen LogP contribution in [-0.4, -0.2) is 31.6 Å². The second kappa shape index (κ2) is 4.18. The average Bonchev–Trinajstić information content (AvgIpc) is 2.18. The van der Waals surface area contributed by atoms with E-state index in [1.807, 2.05) is 12.1 Å². The number of hydrogen-bond acceptors (Lipinski definition) is 3. The molecule has 0 saturated carbocycles. The lowest BCUT2D eigenvalue weighted by Crippen LogP contribution is -2.11. The lowest BCUT2D eigenvalue weighted by molar-refractivity contribution is 0.380. The molecule has 0 aliphatic carbocycles. The van der Waals surface area contributed by atoms with Gasteiger partial charge in [0.25, 0.3) is 0 Å². The molecule has 0 bridgehead atoms. The maximum absolute atomic E-state index is 5.20. The van der Waals surface area contributed by atoms with E-state index in [0.717, 1.165) is 32.7 Å².